The molecule has 3 aromatic heterocycles. The Kier molecular flexibility index (Phi) is 4.50. The van der Waals surface area contributed by atoms with E-state index in [9.17, 15) is 5.11 Å². The van der Waals surface area contributed by atoms with Gasteiger partial charge in [-0.2, -0.15) is 0 Å². The predicted molar refractivity (Wildman–Crippen MR) is 83.5 cm³/mol. The molecule has 3 heterocycles. The smallest absolute Gasteiger partial charge is 0.195 e. The zero-order valence-corrected chi connectivity index (χ0v) is 12.9. The van der Waals surface area contributed by atoms with Crippen LogP contribution in [-0.2, 0) is 13.1 Å². The van der Waals surface area contributed by atoms with Gasteiger partial charge in [0.2, 0.25) is 0 Å². The van der Waals surface area contributed by atoms with Crippen molar-refractivity contribution in [1.29, 1.82) is 0 Å². The summed E-state index contributed by atoms with van der Waals surface area (Å²) in [5, 5.41) is 11.8. The van der Waals surface area contributed by atoms with Crippen molar-refractivity contribution in [3.05, 3.63) is 52.5 Å². The zero-order chi connectivity index (χ0) is 14.7. The number of imidazole rings is 1. The van der Waals surface area contributed by atoms with Crippen LogP contribution in [0, 0.1) is 0 Å². The lowest BCUT2D eigenvalue weighted by atomic mass is 10.2. The van der Waals surface area contributed by atoms with Crippen LogP contribution in [0.3, 0.4) is 0 Å². The highest BCUT2D eigenvalue weighted by atomic mass is 35.5. The molecule has 0 aliphatic rings. The molecule has 0 amide bonds. The van der Waals surface area contributed by atoms with E-state index in [1.807, 2.05) is 34.3 Å². The van der Waals surface area contributed by atoms with Gasteiger partial charge in [0.1, 0.15) is 0 Å². The van der Waals surface area contributed by atoms with Crippen LogP contribution >= 0.6 is 22.9 Å². The summed E-state index contributed by atoms with van der Waals surface area (Å²) >= 11 is 7.79. The number of thiazole rings is 1. The molecular formula is C14H15ClN4OS. The van der Waals surface area contributed by atoms with Gasteiger partial charge in [-0.3, -0.25) is 14.3 Å². The molecule has 0 atom stereocenters. The molecule has 3 aromatic rings. The SMILES string of the molecule is OCCN(Cc1cccnc1)Cc1c(Cl)nc2sccn12. The van der Waals surface area contributed by atoms with Gasteiger partial charge < -0.3 is 5.11 Å². The van der Waals surface area contributed by atoms with Crippen molar-refractivity contribution in [2.45, 2.75) is 13.1 Å². The maximum Gasteiger partial charge on any atom is 0.195 e. The van der Waals surface area contributed by atoms with Crippen molar-refractivity contribution in [2.75, 3.05) is 13.2 Å². The van der Waals surface area contributed by atoms with Gasteiger partial charge in [-0.25, -0.2) is 4.98 Å². The van der Waals surface area contributed by atoms with Gasteiger partial charge in [-0.15, -0.1) is 11.3 Å². The first-order valence-electron chi connectivity index (χ1n) is 6.60. The Morgan fingerprint density at radius 2 is 2.29 bits per heavy atom. The molecule has 110 valence electrons. The summed E-state index contributed by atoms with van der Waals surface area (Å²) in [5.74, 6) is 0. The predicted octanol–water partition coefficient (Wildman–Crippen LogP) is 2.44. The summed E-state index contributed by atoms with van der Waals surface area (Å²) in [6, 6.07) is 3.94. The van der Waals surface area contributed by atoms with Crippen LogP contribution in [0.2, 0.25) is 5.15 Å². The minimum Gasteiger partial charge on any atom is -0.395 e. The van der Waals surface area contributed by atoms with Crippen molar-refractivity contribution in [3.8, 4) is 0 Å². The number of halogens is 1. The quantitative estimate of drug-likeness (QED) is 0.757. The molecule has 5 nitrogen and oxygen atoms in total. The average Bonchev–Trinajstić information content (AvgIpc) is 3.03. The summed E-state index contributed by atoms with van der Waals surface area (Å²) in [7, 11) is 0. The molecule has 0 spiro atoms. The molecular weight excluding hydrogens is 308 g/mol. The third kappa shape index (κ3) is 3.24. The second kappa shape index (κ2) is 6.53. The highest BCUT2D eigenvalue weighted by Gasteiger charge is 2.15. The lowest BCUT2D eigenvalue weighted by Gasteiger charge is -2.21. The van der Waals surface area contributed by atoms with Crippen molar-refractivity contribution < 1.29 is 5.11 Å². The van der Waals surface area contributed by atoms with Crippen LogP contribution in [0.5, 0.6) is 0 Å². The van der Waals surface area contributed by atoms with Gasteiger partial charge in [0.25, 0.3) is 0 Å². The maximum absolute atomic E-state index is 9.28. The molecule has 0 radical (unpaired) electrons. The number of aliphatic hydroxyl groups excluding tert-OH is 1. The van der Waals surface area contributed by atoms with E-state index in [0.29, 0.717) is 24.8 Å². The van der Waals surface area contributed by atoms with E-state index in [-0.39, 0.29) is 6.61 Å². The number of hydrogen-bond donors (Lipinski definition) is 1. The Morgan fingerprint density at radius 1 is 1.38 bits per heavy atom. The van der Waals surface area contributed by atoms with Crippen LogP contribution in [-0.4, -0.2) is 37.5 Å². The van der Waals surface area contributed by atoms with Crippen LogP contribution in [0.1, 0.15) is 11.3 Å². The molecule has 0 saturated heterocycles. The Hall–Kier alpha value is -1.47. The standard InChI is InChI=1S/C14H15ClN4OS/c15-13-12(19-5-7-21-14(19)17-13)10-18(4-6-20)9-11-2-1-3-16-8-11/h1-3,5,7-8,20H,4,6,9-10H2. The molecule has 21 heavy (non-hydrogen) atoms. The highest BCUT2D eigenvalue weighted by molar-refractivity contribution is 7.15. The van der Waals surface area contributed by atoms with Gasteiger partial charge in [0.15, 0.2) is 10.1 Å². The summed E-state index contributed by atoms with van der Waals surface area (Å²) in [4.78, 5) is 11.5. The van der Waals surface area contributed by atoms with E-state index in [1.165, 1.54) is 0 Å². The zero-order valence-electron chi connectivity index (χ0n) is 11.3. The summed E-state index contributed by atoms with van der Waals surface area (Å²) in [5.41, 5.74) is 2.05. The lowest BCUT2D eigenvalue weighted by molar-refractivity contribution is 0.182. The molecule has 0 aromatic carbocycles. The van der Waals surface area contributed by atoms with Crippen molar-refractivity contribution in [1.82, 2.24) is 19.3 Å². The fourth-order valence-electron chi connectivity index (χ4n) is 2.26. The van der Waals surface area contributed by atoms with Crippen LogP contribution < -0.4 is 0 Å². The van der Waals surface area contributed by atoms with Gasteiger partial charge >= 0.3 is 0 Å². The van der Waals surface area contributed by atoms with Crippen molar-refractivity contribution in [3.63, 3.8) is 0 Å². The number of nitrogens with zero attached hydrogens (tertiary/aromatic N) is 4. The molecule has 0 aliphatic carbocycles. The van der Waals surface area contributed by atoms with E-state index in [1.54, 1.807) is 17.5 Å². The van der Waals surface area contributed by atoms with Gasteiger partial charge in [0.05, 0.1) is 12.3 Å². The minimum absolute atomic E-state index is 0.101. The highest BCUT2D eigenvalue weighted by Crippen LogP contribution is 2.23. The first kappa shape index (κ1) is 14.5. The van der Waals surface area contributed by atoms with Crippen molar-refractivity contribution in [2.24, 2.45) is 0 Å². The van der Waals surface area contributed by atoms with Gasteiger partial charge in [-0.1, -0.05) is 17.7 Å². The Balaban J connectivity index is 1.81. The largest absolute Gasteiger partial charge is 0.395 e. The average molecular weight is 323 g/mol. The van der Waals surface area contributed by atoms with Gasteiger partial charge in [0, 0.05) is 43.6 Å². The van der Waals surface area contributed by atoms with Crippen LogP contribution in [0.15, 0.2) is 36.1 Å². The van der Waals surface area contributed by atoms with Gasteiger partial charge in [-0.05, 0) is 11.6 Å². The molecule has 0 bridgehead atoms. The number of rotatable bonds is 6. The molecule has 3 rings (SSSR count). The molecule has 0 aliphatic heterocycles. The van der Waals surface area contributed by atoms with Crippen LogP contribution in [0.25, 0.3) is 4.96 Å². The first-order chi connectivity index (χ1) is 10.3. The topological polar surface area (TPSA) is 53.7 Å². The molecule has 0 saturated carbocycles. The number of aromatic nitrogens is 3. The fraction of sp³-hybridized carbons (Fsp3) is 0.286. The fourth-order valence-corrected chi connectivity index (χ4v) is 3.28. The number of fused-ring (bicyclic) bond motifs is 1. The third-order valence-electron chi connectivity index (χ3n) is 3.23. The monoisotopic (exact) mass is 322 g/mol. The Bertz CT molecular complexity index is 712. The first-order valence-corrected chi connectivity index (χ1v) is 7.85. The molecule has 7 heteroatoms. The normalized spacial score (nSPS) is 11.6. The Morgan fingerprint density at radius 3 is 3.05 bits per heavy atom. The number of aliphatic hydroxyl groups is 1. The number of pyridine rings is 1. The van der Waals surface area contributed by atoms with E-state index in [2.05, 4.69) is 14.9 Å². The summed E-state index contributed by atoms with van der Waals surface area (Å²) in [6.07, 6.45) is 5.56. The number of hydrogen-bond acceptors (Lipinski definition) is 5. The summed E-state index contributed by atoms with van der Waals surface area (Å²) < 4.78 is 2.00. The Labute approximate surface area is 131 Å². The van der Waals surface area contributed by atoms with E-state index >= 15 is 0 Å². The second-order valence-electron chi connectivity index (χ2n) is 4.70. The molecule has 0 fully saturated rings. The second-order valence-corrected chi connectivity index (χ2v) is 5.93. The maximum atomic E-state index is 9.28. The van der Waals surface area contributed by atoms with E-state index < -0.39 is 0 Å². The lowest BCUT2D eigenvalue weighted by Crippen LogP contribution is -2.26. The van der Waals surface area contributed by atoms with Crippen LogP contribution in [0.4, 0.5) is 0 Å². The molecule has 1 N–H and O–H groups in total. The summed E-state index contributed by atoms with van der Waals surface area (Å²) in [6.45, 7) is 2.01. The molecule has 0 unspecified atom stereocenters. The minimum atomic E-state index is 0.101. The van der Waals surface area contributed by atoms with Crippen molar-refractivity contribution >= 4 is 27.9 Å². The third-order valence-corrected chi connectivity index (χ3v) is 4.29. The van der Waals surface area contributed by atoms with E-state index in [0.717, 1.165) is 16.2 Å². The van der Waals surface area contributed by atoms with E-state index in [4.69, 9.17) is 11.6 Å².